The lowest BCUT2D eigenvalue weighted by atomic mass is 9.94. The van der Waals surface area contributed by atoms with Crippen LogP contribution in [0.3, 0.4) is 0 Å². The first kappa shape index (κ1) is 11.5. The molecule has 0 aliphatic carbocycles. The number of aryl methyl sites for hydroxylation is 2. The lowest BCUT2D eigenvalue weighted by molar-refractivity contribution is 0.374. The van der Waals surface area contributed by atoms with Crippen LogP contribution >= 0.6 is 0 Å². The third-order valence-electron chi connectivity index (χ3n) is 3.52. The Labute approximate surface area is 97.4 Å². The van der Waals surface area contributed by atoms with Gasteiger partial charge in [-0.3, -0.25) is 0 Å². The van der Waals surface area contributed by atoms with Crippen LogP contribution in [0.1, 0.15) is 26.0 Å². The summed E-state index contributed by atoms with van der Waals surface area (Å²) in [6.45, 7) is 9.40. The molecule has 0 radical (unpaired) electrons. The molecule has 4 nitrogen and oxygen atoms in total. The van der Waals surface area contributed by atoms with Crippen LogP contribution in [0, 0.1) is 12.8 Å². The number of piperidine rings is 1. The summed E-state index contributed by atoms with van der Waals surface area (Å²) in [6, 6.07) is 0.274. The van der Waals surface area contributed by atoms with Crippen LogP contribution in [0.5, 0.6) is 0 Å². The van der Waals surface area contributed by atoms with E-state index in [1.165, 1.54) is 0 Å². The fourth-order valence-electron chi connectivity index (χ4n) is 2.30. The minimum absolute atomic E-state index is 0.274. The standard InChI is InChI=1S/C12H22N4/c1-4-15-7-10(3)14-12(15)16-6-5-9(2)11(13)8-16/h7,9,11H,4-6,8,13H2,1-3H3. The van der Waals surface area contributed by atoms with Crippen molar-refractivity contribution in [3.05, 3.63) is 11.9 Å². The third kappa shape index (κ3) is 2.07. The SMILES string of the molecule is CCn1cc(C)nc1N1CCC(C)C(N)C1. The van der Waals surface area contributed by atoms with E-state index in [1.807, 2.05) is 6.92 Å². The Morgan fingerprint density at radius 1 is 1.56 bits per heavy atom. The van der Waals surface area contributed by atoms with Gasteiger partial charge in [0, 0.05) is 31.9 Å². The molecule has 90 valence electrons. The molecule has 16 heavy (non-hydrogen) atoms. The highest BCUT2D eigenvalue weighted by atomic mass is 15.3. The number of aromatic nitrogens is 2. The molecule has 2 unspecified atom stereocenters. The summed E-state index contributed by atoms with van der Waals surface area (Å²) in [5.74, 6) is 1.71. The normalized spacial score (nSPS) is 26.1. The minimum atomic E-state index is 0.274. The second-order valence-electron chi connectivity index (χ2n) is 4.84. The van der Waals surface area contributed by atoms with Crippen molar-refractivity contribution in [3.8, 4) is 0 Å². The second kappa shape index (κ2) is 4.45. The van der Waals surface area contributed by atoms with Crippen molar-refractivity contribution >= 4 is 5.95 Å². The van der Waals surface area contributed by atoms with Gasteiger partial charge in [0.25, 0.3) is 0 Å². The van der Waals surface area contributed by atoms with Crippen LogP contribution in [-0.2, 0) is 6.54 Å². The zero-order chi connectivity index (χ0) is 11.7. The maximum absolute atomic E-state index is 6.13. The molecule has 0 spiro atoms. The monoisotopic (exact) mass is 222 g/mol. The van der Waals surface area contributed by atoms with Crippen LogP contribution in [0.15, 0.2) is 6.20 Å². The Hall–Kier alpha value is -1.03. The Morgan fingerprint density at radius 3 is 2.94 bits per heavy atom. The van der Waals surface area contributed by atoms with Crippen molar-refractivity contribution in [3.63, 3.8) is 0 Å². The van der Waals surface area contributed by atoms with E-state index in [1.54, 1.807) is 0 Å². The van der Waals surface area contributed by atoms with Gasteiger partial charge in [0.1, 0.15) is 0 Å². The summed E-state index contributed by atoms with van der Waals surface area (Å²) in [5, 5.41) is 0. The molecule has 4 heteroatoms. The van der Waals surface area contributed by atoms with Crippen molar-refractivity contribution in [1.29, 1.82) is 0 Å². The molecule has 2 N–H and O–H groups in total. The van der Waals surface area contributed by atoms with Gasteiger partial charge in [-0.05, 0) is 26.2 Å². The third-order valence-corrected chi connectivity index (χ3v) is 3.52. The molecule has 2 atom stereocenters. The first-order valence-corrected chi connectivity index (χ1v) is 6.16. The van der Waals surface area contributed by atoms with Crippen molar-refractivity contribution in [2.75, 3.05) is 18.0 Å². The van der Waals surface area contributed by atoms with E-state index in [2.05, 4.69) is 34.5 Å². The van der Waals surface area contributed by atoms with Crippen LogP contribution < -0.4 is 10.6 Å². The molecular weight excluding hydrogens is 200 g/mol. The van der Waals surface area contributed by atoms with Crippen LogP contribution in [0.2, 0.25) is 0 Å². The highest BCUT2D eigenvalue weighted by molar-refractivity contribution is 5.34. The summed E-state index contributed by atoms with van der Waals surface area (Å²) in [7, 11) is 0. The van der Waals surface area contributed by atoms with Gasteiger partial charge in [-0.15, -0.1) is 0 Å². The molecule has 2 rings (SSSR count). The second-order valence-corrected chi connectivity index (χ2v) is 4.84. The van der Waals surface area contributed by atoms with E-state index in [0.717, 1.165) is 37.7 Å². The van der Waals surface area contributed by atoms with Gasteiger partial charge in [-0.1, -0.05) is 6.92 Å². The zero-order valence-corrected chi connectivity index (χ0v) is 10.5. The average Bonchev–Trinajstić information content (AvgIpc) is 2.63. The van der Waals surface area contributed by atoms with E-state index >= 15 is 0 Å². The van der Waals surface area contributed by atoms with Gasteiger partial charge in [-0.2, -0.15) is 0 Å². The Morgan fingerprint density at radius 2 is 2.31 bits per heavy atom. The summed E-state index contributed by atoms with van der Waals surface area (Å²) >= 11 is 0. The molecular formula is C12H22N4. The first-order valence-electron chi connectivity index (χ1n) is 6.16. The van der Waals surface area contributed by atoms with Gasteiger partial charge in [-0.25, -0.2) is 4.98 Å². The fourth-order valence-corrected chi connectivity index (χ4v) is 2.30. The van der Waals surface area contributed by atoms with E-state index in [0.29, 0.717) is 5.92 Å². The number of hydrogen-bond donors (Lipinski definition) is 1. The van der Waals surface area contributed by atoms with Gasteiger partial charge < -0.3 is 15.2 Å². The molecule has 0 bridgehead atoms. The van der Waals surface area contributed by atoms with E-state index in [4.69, 9.17) is 5.73 Å². The summed E-state index contributed by atoms with van der Waals surface area (Å²) in [6.07, 6.45) is 3.27. The van der Waals surface area contributed by atoms with Gasteiger partial charge >= 0.3 is 0 Å². The maximum atomic E-state index is 6.13. The van der Waals surface area contributed by atoms with Gasteiger partial charge in [0.15, 0.2) is 0 Å². The molecule has 0 amide bonds. The smallest absolute Gasteiger partial charge is 0.205 e. The molecule has 2 heterocycles. The number of nitrogens with zero attached hydrogens (tertiary/aromatic N) is 3. The maximum Gasteiger partial charge on any atom is 0.205 e. The molecule has 1 aliphatic rings. The predicted molar refractivity (Wildman–Crippen MR) is 66.6 cm³/mol. The number of rotatable bonds is 2. The summed E-state index contributed by atoms with van der Waals surface area (Å²) in [5.41, 5.74) is 7.21. The predicted octanol–water partition coefficient (Wildman–Crippen LogP) is 1.38. The fraction of sp³-hybridized carbons (Fsp3) is 0.750. The van der Waals surface area contributed by atoms with E-state index < -0.39 is 0 Å². The van der Waals surface area contributed by atoms with Gasteiger partial charge in [0.05, 0.1) is 5.69 Å². The molecule has 0 saturated carbocycles. The Kier molecular flexibility index (Phi) is 3.19. The molecule has 1 aliphatic heterocycles. The lowest BCUT2D eigenvalue weighted by Gasteiger charge is -2.35. The number of anilines is 1. The Bertz CT molecular complexity index is 358. The molecule has 1 aromatic heterocycles. The summed E-state index contributed by atoms with van der Waals surface area (Å²) in [4.78, 5) is 6.92. The van der Waals surface area contributed by atoms with Crippen molar-refractivity contribution in [1.82, 2.24) is 9.55 Å². The quantitative estimate of drug-likeness (QED) is 0.822. The van der Waals surface area contributed by atoms with Gasteiger partial charge in [0.2, 0.25) is 5.95 Å². The highest BCUT2D eigenvalue weighted by Gasteiger charge is 2.25. The molecule has 0 aromatic carbocycles. The van der Waals surface area contributed by atoms with Crippen molar-refractivity contribution < 1.29 is 0 Å². The lowest BCUT2D eigenvalue weighted by Crippen LogP contribution is -2.48. The summed E-state index contributed by atoms with van der Waals surface area (Å²) < 4.78 is 2.21. The molecule has 1 fully saturated rings. The average molecular weight is 222 g/mol. The van der Waals surface area contributed by atoms with Crippen LogP contribution in [0.4, 0.5) is 5.95 Å². The first-order chi connectivity index (χ1) is 7.61. The largest absolute Gasteiger partial charge is 0.341 e. The number of nitrogens with two attached hydrogens (primary N) is 1. The van der Waals surface area contributed by atoms with Crippen LogP contribution in [0.25, 0.3) is 0 Å². The topological polar surface area (TPSA) is 47.1 Å². The minimum Gasteiger partial charge on any atom is -0.341 e. The number of hydrogen-bond acceptors (Lipinski definition) is 3. The molecule has 1 aromatic rings. The zero-order valence-electron chi connectivity index (χ0n) is 10.5. The number of imidazole rings is 1. The highest BCUT2D eigenvalue weighted by Crippen LogP contribution is 2.22. The van der Waals surface area contributed by atoms with Crippen molar-refractivity contribution in [2.24, 2.45) is 11.7 Å². The van der Waals surface area contributed by atoms with Crippen LogP contribution in [-0.4, -0.2) is 28.7 Å². The molecule has 1 saturated heterocycles. The van der Waals surface area contributed by atoms with E-state index in [9.17, 15) is 0 Å². The van der Waals surface area contributed by atoms with E-state index in [-0.39, 0.29) is 6.04 Å². The van der Waals surface area contributed by atoms with Crippen molar-refractivity contribution in [2.45, 2.75) is 39.8 Å². The Balaban J connectivity index is 2.17.